The van der Waals surface area contributed by atoms with Crippen LogP contribution in [0.1, 0.15) is 11.1 Å². The highest BCUT2D eigenvalue weighted by Crippen LogP contribution is 2.27. The highest BCUT2D eigenvalue weighted by atomic mass is 79.9. The van der Waals surface area contributed by atoms with Crippen LogP contribution < -0.4 is 5.69 Å². The van der Waals surface area contributed by atoms with Gasteiger partial charge in [0.1, 0.15) is 9.99 Å². The zero-order chi connectivity index (χ0) is 19.7. The van der Waals surface area contributed by atoms with Crippen LogP contribution in [0.3, 0.4) is 0 Å². The Kier molecular flexibility index (Phi) is 4.79. The maximum absolute atomic E-state index is 13.2. The van der Waals surface area contributed by atoms with Crippen molar-refractivity contribution < 1.29 is 4.92 Å². The molecule has 0 fully saturated rings. The van der Waals surface area contributed by atoms with Crippen molar-refractivity contribution in [2.24, 2.45) is 0 Å². The predicted octanol–water partition coefficient (Wildman–Crippen LogP) is 3.97. The molecular formula is C20H15BrN4O3. The van der Waals surface area contributed by atoms with Gasteiger partial charge < -0.3 is 10.1 Å². The van der Waals surface area contributed by atoms with Gasteiger partial charge >= 0.3 is 11.5 Å². The van der Waals surface area contributed by atoms with E-state index in [1.54, 1.807) is 10.6 Å². The van der Waals surface area contributed by atoms with E-state index in [4.69, 9.17) is 0 Å². The average molecular weight is 439 g/mol. The largest absolute Gasteiger partial charge is 0.380 e. The van der Waals surface area contributed by atoms with Gasteiger partial charge in [-0.1, -0.05) is 60.7 Å². The van der Waals surface area contributed by atoms with E-state index in [9.17, 15) is 14.9 Å². The van der Waals surface area contributed by atoms with Crippen molar-refractivity contribution in [2.75, 3.05) is 0 Å². The molecule has 0 atom stereocenters. The normalized spacial score (nSPS) is 11.0. The van der Waals surface area contributed by atoms with Gasteiger partial charge in [0.2, 0.25) is 0 Å². The summed E-state index contributed by atoms with van der Waals surface area (Å²) in [7, 11) is 0. The van der Waals surface area contributed by atoms with Crippen LogP contribution in [-0.4, -0.2) is 19.0 Å². The fraction of sp³-hybridized carbons (Fsp3) is 0.100. The van der Waals surface area contributed by atoms with Gasteiger partial charge in [0.15, 0.2) is 0 Å². The standard InChI is InChI=1S/C20H15BrN4O3/c21-16-11-17-19(22-18(16)25(27)28)24(13-15-9-5-2-6-10-15)20(26)23(17)12-14-7-3-1-4-8-14/h1-11H,12-13H2. The van der Waals surface area contributed by atoms with Crippen molar-refractivity contribution in [2.45, 2.75) is 13.1 Å². The average Bonchev–Trinajstić information content (AvgIpc) is 2.94. The minimum Gasteiger partial charge on any atom is -0.358 e. The van der Waals surface area contributed by atoms with Crippen LogP contribution in [-0.2, 0) is 13.1 Å². The molecule has 0 unspecified atom stereocenters. The lowest BCUT2D eigenvalue weighted by atomic mass is 10.2. The van der Waals surface area contributed by atoms with Crippen molar-refractivity contribution in [3.05, 3.63) is 103 Å². The third-order valence-corrected chi connectivity index (χ3v) is 5.05. The summed E-state index contributed by atoms with van der Waals surface area (Å²) in [6.45, 7) is 0.633. The molecule has 0 aliphatic carbocycles. The Bertz CT molecular complexity index is 1220. The van der Waals surface area contributed by atoms with E-state index in [0.717, 1.165) is 11.1 Å². The number of fused-ring (bicyclic) bond motifs is 1. The summed E-state index contributed by atoms with van der Waals surface area (Å²) in [5, 5.41) is 11.3. The predicted molar refractivity (Wildman–Crippen MR) is 109 cm³/mol. The summed E-state index contributed by atoms with van der Waals surface area (Å²) in [5.41, 5.74) is 2.44. The van der Waals surface area contributed by atoms with Gasteiger partial charge in [-0.2, -0.15) is 0 Å². The topological polar surface area (TPSA) is 83.0 Å². The fourth-order valence-corrected chi connectivity index (χ4v) is 3.60. The van der Waals surface area contributed by atoms with Crippen LogP contribution in [0, 0.1) is 10.1 Å². The van der Waals surface area contributed by atoms with E-state index < -0.39 is 4.92 Å². The van der Waals surface area contributed by atoms with Crippen LogP contribution in [0.25, 0.3) is 11.2 Å². The second kappa shape index (κ2) is 7.40. The zero-order valence-electron chi connectivity index (χ0n) is 14.7. The molecule has 140 valence electrons. The van der Waals surface area contributed by atoms with E-state index in [1.165, 1.54) is 4.57 Å². The molecule has 0 radical (unpaired) electrons. The Morgan fingerprint density at radius 1 is 0.929 bits per heavy atom. The van der Waals surface area contributed by atoms with Gasteiger partial charge in [-0.3, -0.25) is 9.13 Å². The lowest BCUT2D eigenvalue weighted by molar-refractivity contribution is -0.390. The molecule has 8 heteroatoms. The molecule has 2 aromatic carbocycles. The van der Waals surface area contributed by atoms with Gasteiger partial charge in [-0.15, -0.1) is 0 Å². The number of pyridine rings is 1. The minimum atomic E-state index is -0.560. The van der Waals surface area contributed by atoms with Crippen molar-refractivity contribution in [1.82, 2.24) is 14.1 Å². The van der Waals surface area contributed by atoms with E-state index in [-0.39, 0.29) is 22.5 Å². The molecule has 0 saturated carbocycles. The monoisotopic (exact) mass is 438 g/mol. The summed E-state index contributed by atoms with van der Waals surface area (Å²) in [4.78, 5) is 28.2. The van der Waals surface area contributed by atoms with Crippen molar-refractivity contribution in [3.63, 3.8) is 0 Å². The summed E-state index contributed by atoms with van der Waals surface area (Å²) in [6, 6.07) is 20.6. The van der Waals surface area contributed by atoms with E-state index >= 15 is 0 Å². The van der Waals surface area contributed by atoms with Crippen LogP contribution in [0.4, 0.5) is 5.82 Å². The number of rotatable bonds is 5. The van der Waals surface area contributed by atoms with Gasteiger partial charge in [-0.05, 0) is 43.0 Å². The first-order valence-corrected chi connectivity index (χ1v) is 9.35. The molecule has 0 aliphatic heterocycles. The molecule has 0 spiro atoms. The minimum absolute atomic E-state index is 0.240. The van der Waals surface area contributed by atoms with Crippen LogP contribution in [0.5, 0.6) is 0 Å². The zero-order valence-corrected chi connectivity index (χ0v) is 16.2. The highest BCUT2D eigenvalue weighted by Gasteiger charge is 2.24. The third kappa shape index (κ3) is 3.34. The van der Waals surface area contributed by atoms with Crippen molar-refractivity contribution in [3.8, 4) is 0 Å². The quantitative estimate of drug-likeness (QED) is 0.348. The molecule has 7 nitrogen and oxygen atoms in total. The first-order valence-electron chi connectivity index (χ1n) is 8.56. The number of aromatic nitrogens is 3. The molecular weight excluding hydrogens is 424 g/mol. The van der Waals surface area contributed by atoms with Crippen LogP contribution in [0.2, 0.25) is 0 Å². The molecule has 4 rings (SSSR count). The lowest BCUT2D eigenvalue weighted by Gasteiger charge is -2.03. The van der Waals surface area contributed by atoms with Gasteiger partial charge in [0, 0.05) is 0 Å². The summed E-state index contributed by atoms with van der Waals surface area (Å²) < 4.78 is 3.31. The second-order valence-electron chi connectivity index (χ2n) is 6.32. The van der Waals surface area contributed by atoms with Gasteiger partial charge in [0.05, 0.1) is 13.1 Å². The molecule has 0 saturated heterocycles. The van der Waals surface area contributed by atoms with E-state index in [2.05, 4.69) is 20.9 Å². The van der Waals surface area contributed by atoms with Crippen LogP contribution >= 0.6 is 15.9 Å². The molecule has 0 aliphatic rings. The molecule has 2 aromatic heterocycles. The van der Waals surface area contributed by atoms with Crippen molar-refractivity contribution in [1.29, 1.82) is 0 Å². The molecule has 0 amide bonds. The molecule has 28 heavy (non-hydrogen) atoms. The van der Waals surface area contributed by atoms with E-state index in [0.29, 0.717) is 17.7 Å². The number of imidazole rings is 1. The smallest absolute Gasteiger partial charge is 0.358 e. The highest BCUT2D eigenvalue weighted by molar-refractivity contribution is 9.10. The lowest BCUT2D eigenvalue weighted by Crippen LogP contribution is -2.25. The number of halogens is 1. The van der Waals surface area contributed by atoms with Crippen LogP contribution in [0.15, 0.2) is 76.0 Å². The molecule has 4 aromatic rings. The second-order valence-corrected chi connectivity index (χ2v) is 7.17. The number of nitrogens with zero attached hydrogens (tertiary/aromatic N) is 4. The molecule has 0 bridgehead atoms. The molecule has 2 heterocycles. The fourth-order valence-electron chi connectivity index (χ4n) is 3.15. The SMILES string of the molecule is O=c1n(Cc2ccccc2)c2cc(Br)c([N+](=O)[O-])nc2n1Cc1ccccc1. The Balaban J connectivity index is 1.93. The summed E-state index contributed by atoms with van der Waals surface area (Å²) >= 11 is 3.21. The summed E-state index contributed by atoms with van der Waals surface area (Å²) in [6.07, 6.45) is 0. The Hall–Kier alpha value is -3.26. The van der Waals surface area contributed by atoms with Crippen molar-refractivity contribution >= 4 is 32.9 Å². The van der Waals surface area contributed by atoms with Gasteiger partial charge in [-0.25, -0.2) is 4.79 Å². The first-order chi connectivity index (χ1) is 13.5. The molecule has 0 N–H and O–H groups in total. The third-order valence-electron chi connectivity index (χ3n) is 4.47. The maximum Gasteiger partial charge on any atom is 0.380 e. The Morgan fingerprint density at radius 3 is 2.00 bits per heavy atom. The number of nitro groups is 1. The number of benzene rings is 2. The number of hydrogen-bond donors (Lipinski definition) is 0. The van der Waals surface area contributed by atoms with Gasteiger partial charge in [0.25, 0.3) is 5.65 Å². The van der Waals surface area contributed by atoms with E-state index in [1.807, 2.05) is 60.7 Å². The Morgan fingerprint density at radius 2 is 1.46 bits per heavy atom. The maximum atomic E-state index is 13.2. The summed E-state index contributed by atoms with van der Waals surface area (Å²) in [5.74, 6) is -0.314. The number of hydrogen-bond acceptors (Lipinski definition) is 4. The first kappa shape index (κ1) is 18.1. The Labute approximate surface area is 168 Å².